The van der Waals surface area contributed by atoms with E-state index in [1.54, 1.807) is 12.5 Å². The number of nitrogens with zero attached hydrogens (tertiary/aromatic N) is 4. The lowest BCUT2D eigenvalue weighted by Gasteiger charge is -2.08. The van der Waals surface area contributed by atoms with Crippen molar-refractivity contribution in [1.82, 2.24) is 30.1 Å². The summed E-state index contributed by atoms with van der Waals surface area (Å²) in [6.07, 6.45) is 7.04. The Morgan fingerprint density at radius 1 is 1.14 bits per heavy atom. The first-order valence-electron chi connectivity index (χ1n) is 9.23. The first-order valence-corrected chi connectivity index (χ1v) is 9.61. The molecule has 1 aliphatic rings. The number of fused-ring (bicyclic) bond motifs is 1. The van der Waals surface area contributed by atoms with Crippen molar-refractivity contribution < 1.29 is 0 Å². The summed E-state index contributed by atoms with van der Waals surface area (Å²) in [5, 5.41) is 14.4. The fourth-order valence-corrected chi connectivity index (χ4v) is 3.41. The number of H-pyrrole nitrogens is 2. The average Bonchev–Trinajstić information content (AvgIpc) is 3.19. The second-order valence-corrected chi connectivity index (χ2v) is 7.39. The SMILES string of the molecule is Clc1c(CNc2nccc(Nc3cc(CC4CC4)[nH]n3)n2)ccc2[nH]cnc12. The van der Waals surface area contributed by atoms with E-state index in [1.165, 1.54) is 12.8 Å². The Balaban J connectivity index is 1.25. The van der Waals surface area contributed by atoms with Gasteiger partial charge < -0.3 is 15.6 Å². The molecule has 3 aromatic heterocycles. The molecule has 0 amide bonds. The minimum Gasteiger partial charge on any atom is -0.350 e. The maximum atomic E-state index is 6.44. The summed E-state index contributed by atoms with van der Waals surface area (Å²) in [4.78, 5) is 16.1. The lowest BCUT2D eigenvalue weighted by atomic mass is 10.2. The van der Waals surface area contributed by atoms with Crippen LogP contribution in [-0.4, -0.2) is 30.1 Å². The van der Waals surface area contributed by atoms with Crippen molar-refractivity contribution >= 4 is 40.2 Å². The second kappa shape index (κ2) is 7.12. The summed E-state index contributed by atoms with van der Waals surface area (Å²) < 4.78 is 0. The minimum atomic E-state index is 0.499. The van der Waals surface area contributed by atoms with Crippen LogP contribution < -0.4 is 10.6 Å². The molecule has 1 aliphatic carbocycles. The predicted octanol–water partition coefficient (Wildman–Crippen LogP) is 4.04. The van der Waals surface area contributed by atoms with Crippen molar-refractivity contribution in [1.29, 1.82) is 0 Å². The van der Waals surface area contributed by atoms with Crippen LogP contribution in [0.2, 0.25) is 5.02 Å². The molecule has 1 aromatic carbocycles. The van der Waals surface area contributed by atoms with Gasteiger partial charge in [0.15, 0.2) is 5.82 Å². The minimum absolute atomic E-state index is 0.499. The summed E-state index contributed by atoms with van der Waals surface area (Å²) in [6.45, 7) is 0.499. The van der Waals surface area contributed by atoms with Crippen molar-refractivity contribution in [2.24, 2.45) is 5.92 Å². The summed E-state index contributed by atoms with van der Waals surface area (Å²) in [5.41, 5.74) is 3.76. The molecule has 0 atom stereocenters. The van der Waals surface area contributed by atoms with E-state index in [0.29, 0.717) is 23.3 Å². The van der Waals surface area contributed by atoms with Gasteiger partial charge in [-0.25, -0.2) is 9.97 Å². The third kappa shape index (κ3) is 3.63. The van der Waals surface area contributed by atoms with E-state index in [4.69, 9.17) is 11.6 Å². The maximum Gasteiger partial charge on any atom is 0.224 e. The Bertz CT molecular complexity index is 1110. The normalized spacial score (nSPS) is 13.8. The van der Waals surface area contributed by atoms with E-state index in [0.717, 1.165) is 40.4 Å². The molecule has 0 spiro atoms. The number of benzene rings is 1. The summed E-state index contributed by atoms with van der Waals surface area (Å²) in [7, 11) is 0. The molecule has 142 valence electrons. The number of aromatic amines is 2. The monoisotopic (exact) mass is 394 g/mol. The number of nitrogens with one attached hydrogen (secondary N) is 4. The van der Waals surface area contributed by atoms with Gasteiger partial charge in [0.25, 0.3) is 0 Å². The fraction of sp³-hybridized carbons (Fsp3) is 0.263. The average molecular weight is 395 g/mol. The zero-order valence-corrected chi connectivity index (χ0v) is 15.8. The Morgan fingerprint density at radius 3 is 2.96 bits per heavy atom. The van der Waals surface area contributed by atoms with Crippen molar-refractivity contribution in [3.8, 4) is 0 Å². The molecule has 5 rings (SSSR count). The number of rotatable bonds is 7. The highest BCUT2D eigenvalue weighted by atomic mass is 35.5. The Hall–Kier alpha value is -3.13. The molecule has 1 saturated carbocycles. The third-order valence-corrected chi connectivity index (χ3v) is 5.22. The van der Waals surface area contributed by atoms with E-state index >= 15 is 0 Å². The highest BCUT2D eigenvalue weighted by molar-refractivity contribution is 6.35. The Labute approximate surface area is 166 Å². The van der Waals surface area contributed by atoms with Crippen molar-refractivity contribution in [3.05, 3.63) is 53.1 Å². The van der Waals surface area contributed by atoms with Crippen LogP contribution in [0.1, 0.15) is 24.1 Å². The first kappa shape index (κ1) is 17.0. The summed E-state index contributed by atoms with van der Waals surface area (Å²) >= 11 is 6.44. The molecule has 0 unspecified atom stereocenters. The van der Waals surface area contributed by atoms with E-state index in [2.05, 4.69) is 40.8 Å². The molecule has 0 bridgehead atoms. The lowest BCUT2D eigenvalue weighted by molar-refractivity contribution is 0.796. The van der Waals surface area contributed by atoms with Gasteiger partial charge >= 0.3 is 0 Å². The molecule has 0 radical (unpaired) electrons. The fourth-order valence-electron chi connectivity index (χ4n) is 3.13. The van der Waals surface area contributed by atoms with Gasteiger partial charge in [0.05, 0.1) is 16.9 Å². The Kier molecular flexibility index (Phi) is 4.32. The van der Waals surface area contributed by atoms with Crippen LogP contribution in [0.25, 0.3) is 11.0 Å². The van der Waals surface area contributed by atoms with Crippen LogP contribution in [0, 0.1) is 5.92 Å². The molecule has 28 heavy (non-hydrogen) atoms. The van der Waals surface area contributed by atoms with Gasteiger partial charge in [0.1, 0.15) is 11.3 Å². The molecule has 0 saturated heterocycles. The van der Waals surface area contributed by atoms with Gasteiger partial charge in [-0.3, -0.25) is 5.10 Å². The molecule has 4 N–H and O–H groups in total. The molecule has 1 fully saturated rings. The summed E-state index contributed by atoms with van der Waals surface area (Å²) in [5.74, 6) is 2.76. The van der Waals surface area contributed by atoms with Gasteiger partial charge in [0.2, 0.25) is 5.95 Å². The maximum absolute atomic E-state index is 6.44. The number of anilines is 3. The van der Waals surface area contributed by atoms with Gasteiger partial charge in [-0.1, -0.05) is 17.7 Å². The van der Waals surface area contributed by atoms with Crippen molar-refractivity contribution in [3.63, 3.8) is 0 Å². The van der Waals surface area contributed by atoms with E-state index in [-0.39, 0.29) is 0 Å². The van der Waals surface area contributed by atoms with Crippen LogP contribution in [0.5, 0.6) is 0 Å². The van der Waals surface area contributed by atoms with Crippen LogP contribution >= 0.6 is 11.6 Å². The van der Waals surface area contributed by atoms with Crippen molar-refractivity contribution in [2.75, 3.05) is 10.6 Å². The van der Waals surface area contributed by atoms with Gasteiger partial charge in [-0.05, 0) is 42.9 Å². The standard InChI is InChI=1S/C19H19ClN8/c20-17-12(3-4-14-18(17)24-10-23-14)9-22-19-21-6-5-15(26-19)25-16-8-13(27-28-16)7-11-1-2-11/h3-6,8,10-11H,1-2,7,9H2,(H,23,24)(H3,21,22,25,26,27,28). The largest absolute Gasteiger partial charge is 0.350 e. The molecular formula is C19H19ClN8. The number of hydrogen-bond acceptors (Lipinski definition) is 6. The highest BCUT2D eigenvalue weighted by Gasteiger charge is 2.22. The Morgan fingerprint density at radius 2 is 2.07 bits per heavy atom. The molecule has 9 heteroatoms. The third-order valence-electron chi connectivity index (χ3n) is 4.79. The molecule has 0 aliphatic heterocycles. The van der Waals surface area contributed by atoms with E-state index in [9.17, 15) is 0 Å². The number of halogens is 1. The highest BCUT2D eigenvalue weighted by Crippen LogP contribution is 2.32. The zero-order chi connectivity index (χ0) is 18.9. The van der Waals surface area contributed by atoms with Gasteiger partial charge in [0, 0.05) is 24.5 Å². The van der Waals surface area contributed by atoms with Crippen LogP contribution in [0.3, 0.4) is 0 Å². The zero-order valence-electron chi connectivity index (χ0n) is 15.0. The van der Waals surface area contributed by atoms with Crippen LogP contribution in [0.4, 0.5) is 17.6 Å². The number of imidazole rings is 1. The summed E-state index contributed by atoms with van der Waals surface area (Å²) in [6, 6.07) is 7.76. The van der Waals surface area contributed by atoms with Crippen LogP contribution in [0.15, 0.2) is 36.8 Å². The molecule has 8 nitrogen and oxygen atoms in total. The van der Waals surface area contributed by atoms with Gasteiger partial charge in [-0.15, -0.1) is 0 Å². The van der Waals surface area contributed by atoms with E-state index in [1.807, 2.05) is 24.3 Å². The quantitative estimate of drug-likeness (QED) is 0.377. The van der Waals surface area contributed by atoms with Gasteiger partial charge in [-0.2, -0.15) is 10.1 Å². The molecular weight excluding hydrogens is 376 g/mol. The van der Waals surface area contributed by atoms with Crippen LogP contribution in [-0.2, 0) is 13.0 Å². The lowest BCUT2D eigenvalue weighted by Crippen LogP contribution is -2.05. The first-order chi connectivity index (χ1) is 13.7. The van der Waals surface area contributed by atoms with E-state index < -0.39 is 0 Å². The number of hydrogen-bond donors (Lipinski definition) is 4. The molecule has 4 aromatic rings. The smallest absolute Gasteiger partial charge is 0.224 e. The topological polar surface area (TPSA) is 107 Å². The number of aromatic nitrogens is 6. The molecule has 3 heterocycles. The second-order valence-electron chi connectivity index (χ2n) is 7.01. The van der Waals surface area contributed by atoms with Crippen molar-refractivity contribution in [2.45, 2.75) is 25.8 Å². The predicted molar refractivity (Wildman–Crippen MR) is 109 cm³/mol.